The lowest BCUT2D eigenvalue weighted by atomic mass is 9.89. The van der Waals surface area contributed by atoms with E-state index in [2.05, 4.69) is 10.6 Å². The third kappa shape index (κ3) is 2.77. The summed E-state index contributed by atoms with van der Waals surface area (Å²) in [4.78, 5) is 12.2. The number of nitrogens with one attached hydrogen (secondary N) is 2. The Bertz CT molecular complexity index is 563. The number of hydrogen-bond donors (Lipinski definition) is 2. The van der Waals surface area contributed by atoms with Gasteiger partial charge in [-0.05, 0) is 37.7 Å². The highest BCUT2D eigenvalue weighted by molar-refractivity contribution is 5.76. The highest BCUT2D eigenvalue weighted by Gasteiger charge is 2.34. The first-order chi connectivity index (χ1) is 10.8. The number of hydrogen-bond acceptors (Lipinski definition) is 4. The molecule has 0 aliphatic carbocycles. The zero-order valence-electron chi connectivity index (χ0n) is 12.6. The summed E-state index contributed by atoms with van der Waals surface area (Å²) in [6, 6.07) is 7.07. The van der Waals surface area contributed by atoms with Crippen molar-refractivity contribution in [2.24, 2.45) is 5.92 Å². The summed E-state index contributed by atoms with van der Waals surface area (Å²) in [5.74, 6) is 2.20. The van der Waals surface area contributed by atoms with Crippen molar-refractivity contribution in [3.63, 3.8) is 0 Å². The van der Waals surface area contributed by atoms with Crippen LogP contribution in [0, 0.1) is 5.92 Å². The molecule has 2 saturated heterocycles. The van der Waals surface area contributed by atoms with Crippen LogP contribution in [0.1, 0.15) is 37.7 Å². The third-order valence-corrected chi connectivity index (χ3v) is 5.00. The standard InChI is InChI=1S/C17H22N2O3/c20-16(8-11-6-13-4-5-14(7-11)19-13)18-9-12-2-1-3-15-17(12)22-10-21-15/h1-3,11,13-14,19H,4-10H2,(H,18,20). The highest BCUT2D eigenvalue weighted by atomic mass is 16.7. The molecular weight excluding hydrogens is 280 g/mol. The summed E-state index contributed by atoms with van der Waals surface area (Å²) in [6.45, 7) is 0.765. The van der Waals surface area contributed by atoms with Crippen LogP contribution in [0.15, 0.2) is 18.2 Å². The second-order valence-electron chi connectivity index (χ2n) is 6.61. The summed E-state index contributed by atoms with van der Waals surface area (Å²) >= 11 is 0. The molecule has 1 aromatic rings. The van der Waals surface area contributed by atoms with E-state index in [1.54, 1.807) is 0 Å². The molecule has 3 aliphatic rings. The molecule has 2 unspecified atom stereocenters. The van der Waals surface area contributed by atoms with Crippen molar-refractivity contribution in [2.75, 3.05) is 6.79 Å². The van der Waals surface area contributed by atoms with E-state index in [0.717, 1.165) is 29.9 Å². The maximum Gasteiger partial charge on any atom is 0.231 e. The van der Waals surface area contributed by atoms with E-state index in [-0.39, 0.29) is 12.7 Å². The number of para-hydroxylation sites is 1. The molecule has 22 heavy (non-hydrogen) atoms. The molecule has 0 spiro atoms. The molecule has 1 aromatic carbocycles. The van der Waals surface area contributed by atoms with Gasteiger partial charge in [0.25, 0.3) is 0 Å². The molecule has 2 bridgehead atoms. The molecule has 2 N–H and O–H groups in total. The quantitative estimate of drug-likeness (QED) is 0.892. The van der Waals surface area contributed by atoms with Crippen molar-refractivity contribution in [3.05, 3.63) is 23.8 Å². The highest BCUT2D eigenvalue weighted by Crippen LogP contribution is 2.35. The first-order valence-electron chi connectivity index (χ1n) is 8.18. The third-order valence-electron chi connectivity index (χ3n) is 5.00. The topological polar surface area (TPSA) is 59.6 Å². The van der Waals surface area contributed by atoms with Gasteiger partial charge in [0, 0.05) is 30.6 Å². The summed E-state index contributed by atoms with van der Waals surface area (Å²) in [5.41, 5.74) is 0.980. The maximum absolute atomic E-state index is 12.2. The Balaban J connectivity index is 1.31. The van der Waals surface area contributed by atoms with Crippen LogP contribution >= 0.6 is 0 Å². The molecule has 1 amide bonds. The van der Waals surface area contributed by atoms with Gasteiger partial charge in [-0.2, -0.15) is 0 Å². The van der Waals surface area contributed by atoms with E-state index in [4.69, 9.17) is 9.47 Å². The normalized spacial score (nSPS) is 28.6. The van der Waals surface area contributed by atoms with Crippen LogP contribution in [-0.2, 0) is 11.3 Å². The van der Waals surface area contributed by atoms with E-state index in [1.807, 2.05) is 18.2 Å². The fourth-order valence-electron chi connectivity index (χ4n) is 4.00. The number of carbonyl (C=O) groups is 1. The zero-order chi connectivity index (χ0) is 14.9. The predicted octanol–water partition coefficient (Wildman–Crippen LogP) is 1.95. The van der Waals surface area contributed by atoms with Crippen molar-refractivity contribution in [1.29, 1.82) is 0 Å². The van der Waals surface area contributed by atoms with Gasteiger partial charge in [0.15, 0.2) is 11.5 Å². The van der Waals surface area contributed by atoms with E-state index < -0.39 is 0 Å². The molecule has 5 nitrogen and oxygen atoms in total. The van der Waals surface area contributed by atoms with Crippen molar-refractivity contribution >= 4 is 5.91 Å². The van der Waals surface area contributed by atoms with E-state index >= 15 is 0 Å². The average molecular weight is 302 g/mol. The van der Waals surface area contributed by atoms with Crippen LogP contribution in [-0.4, -0.2) is 24.8 Å². The Morgan fingerprint density at radius 3 is 2.86 bits per heavy atom. The second kappa shape index (κ2) is 5.80. The molecule has 2 atom stereocenters. The van der Waals surface area contributed by atoms with Crippen molar-refractivity contribution < 1.29 is 14.3 Å². The van der Waals surface area contributed by atoms with Crippen LogP contribution in [0.5, 0.6) is 11.5 Å². The van der Waals surface area contributed by atoms with Crippen LogP contribution in [0.4, 0.5) is 0 Å². The number of piperidine rings is 1. The fourth-order valence-corrected chi connectivity index (χ4v) is 4.00. The number of fused-ring (bicyclic) bond motifs is 3. The van der Waals surface area contributed by atoms with Crippen LogP contribution in [0.3, 0.4) is 0 Å². The average Bonchev–Trinajstić information content (AvgIpc) is 3.11. The van der Waals surface area contributed by atoms with Gasteiger partial charge < -0.3 is 20.1 Å². The molecule has 118 valence electrons. The van der Waals surface area contributed by atoms with Gasteiger partial charge >= 0.3 is 0 Å². The van der Waals surface area contributed by atoms with E-state index in [1.165, 1.54) is 12.8 Å². The molecule has 5 heteroatoms. The fraction of sp³-hybridized carbons (Fsp3) is 0.588. The summed E-state index contributed by atoms with van der Waals surface area (Å²) in [7, 11) is 0. The molecule has 0 aromatic heterocycles. The van der Waals surface area contributed by atoms with E-state index in [0.29, 0.717) is 31.0 Å². The molecule has 3 heterocycles. The Hall–Kier alpha value is -1.75. The Morgan fingerprint density at radius 1 is 1.23 bits per heavy atom. The molecule has 0 radical (unpaired) electrons. The number of carbonyl (C=O) groups excluding carboxylic acids is 1. The molecule has 4 rings (SSSR count). The zero-order valence-corrected chi connectivity index (χ0v) is 12.6. The summed E-state index contributed by atoms with van der Waals surface area (Å²) in [6.07, 6.45) is 5.47. The predicted molar refractivity (Wildman–Crippen MR) is 81.7 cm³/mol. The van der Waals surface area contributed by atoms with Gasteiger partial charge in [-0.25, -0.2) is 0 Å². The smallest absolute Gasteiger partial charge is 0.231 e. The Labute approximate surface area is 130 Å². The van der Waals surface area contributed by atoms with Crippen LogP contribution in [0.25, 0.3) is 0 Å². The first kappa shape index (κ1) is 13.9. The molecule has 3 aliphatic heterocycles. The van der Waals surface area contributed by atoms with Gasteiger partial charge in [-0.3, -0.25) is 4.79 Å². The van der Waals surface area contributed by atoms with Gasteiger partial charge in [0.2, 0.25) is 12.7 Å². The minimum Gasteiger partial charge on any atom is -0.454 e. The van der Waals surface area contributed by atoms with Crippen LogP contribution in [0.2, 0.25) is 0 Å². The van der Waals surface area contributed by atoms with Gasteiger partial charge in [-0.15, -0.1) is 0 Å². The number of ether oxygens (including phenoxy) is 2. The number of rotatable bonds is 4. The van der Waals surface area contributed by atoms with Gasteiger partial charge in [0.1, 0.15) is 0 Å². The Morgan fingerprint density at radius 2 is 2.05 bits per heavy atom. The first-order valence-corrected chi connectivity index (χ1v) is 8.18. The minimum atomic E-state index is 0.141. The number of benzene rings is 1. The lowest BCUT2D eigenvalue weighted by Gasteiger charge is -2.28. The van der Waals surface area contributed by atoms with E-state index in [9.17, 15) is 4.79 Å². The number of amides is 1. The molecule has 0 saturated carbocycles. The molecule has 2 fully saturated rings. The lowest BCUT2D eigenvalue weighted by Crippen LogP contribution is -2.39. The van der Waals surface area contributed by atoms with Gasteiger partial charge in [-0.1, -0.05) is 12.1 Å². The summed E-state index contributed by atoms with van der Waals surface area (Å²) < 4.78 is 10.8. The monoisotopic (exact) mass is 302 g/mol. The van der Waals surface area contributed by atoms with Crippen LogP contribution < -0.4 is 20.1 Å². The Kier molecular flexibility index (Phi) is 3.66. The van der Waals surface area contributed by atoms with Gasteiger partial charge in [0.05, 0.1) is 0 Å². The SMILES string of the molecule is O=C(CC1CC2CCC(C1)N2)NCc1cccc2c1OCO2. The van der Waals surface area contributed by atoms with Crippen molar-refractivity contribution in [3.8, 4) is 11.5 Å². The second-order valence-corrected chi connectivity index (χ2v) is 6.61. The van der Waals surface area contributed by atoms with Crippen molar-refractivity contribution in [2.45, 2.75) is 50.7 Å². The largest absolute Gasteiger partial charge is 0.454 e. The minimum absolute atomic E-state index is 0.141. The molecular formula is C17H22N2O3. The van der Waals surface area contributed by atoms with Crippen molar-refractivity contribution in [1.82, 2.24) is 10.6 Å². The maximum atomic E-state index is 12.2. The summed E-state index contributed by atoms with van der Waals surface area (Å²) in [5, 5.41) is 6.65. The lowest BCUT2D eigenvalue weighted by molar-refractivity contribution is -0.122.